The molecule has 1 aromatic carbocycles. The molecule has 0 bridgehead atoms. The number of carbonyl (C=O) groups is 1. The molecule has 16 heavy (non-hydrogen) atoms. The van der Waals surface area contributed by atoms with Gasteiger partial charge in [0.25, 0.3) is 0 Å². The van der Waals surface area contributed by atoms with Crippen molar-refractivity contribution in [2.45, 2.75) is 6.42 Å². The molecule has 0 aliphatic heterocycles. The SMILES string of the molecule is CN(CC(=O)CC#N)c1ccc(Cl)cc1Cl. The van der Waals surface area contributed by atoms with E-state index in [2.05, 4.69) is 0 Å². The van der Waals surface area contributed by atoms with Crippen LogP contribution in [0.5, 0.6) is 0 Å². The monoisotopic (exact) mass is 256 g/mol. The van der Waals surface area contributed by atoms with Crippen molar-refractivity contribution in [2.75, 3.05) is 18.5 Å². The summed E-state index contributed by atoms with van der Waals surface area (Å²) in [5.74, 6) is -0.143. The Morgan fingerprint density at radius 2 is 2.19 bits per heavy atom. The van der Waals surface area contributed by atoms with Gasteiger partial charge < -0.3 is 4.90 Å². The first-order valence-corrected chi connectivity index (χ1v) is 5.35. The summed E-state index contributed by atoms with van der Waals surface area (Å²) in [6, 6.07) is 6.88. The predicted molar refractivity (Wildman–Crippen MR) is 65.0 cm³/mol. The highest BCUT2D eigenvalue weighted by molar-refractivity contribution is 6.36. The fraction of sp³-hybridized carbons (Fsp3) is 0.273. The quantitative estimate of drug-likeness (QED) is 0.832. The Balaban J connectivity index is 2.77. The average Bonchev–Trinajstić information content (AvgIpc) is 2.17. The smallest absolute Gasteiger partial charge is 0.166 e. The van der Waals surface area contributed by atoms with Gasteiger partial charge in [0.1, 0.15) is 0 Å². The lowest BCUT2D eigenvalue weighted by Crippen LogP contribution is -2.25. The van der Waals surface area contributed by atoms with E-state index in [0.717, 1.165) is 5.69 Å². The van der Waals surface area contributed by atoms with Crippen LogP contribution in [-0.2, 0) is 4.79 Å². The molecule has 0 saturated heterocycles. The van der Waals surface area contributed by atoms with Gasteiger partial charge >= 0.3 is 0 Å². The van der Waals surface area contributed by atoms with Crippen molar-refractivity contribution in [3.63, 3.8) is 0 Å². The van der Waals surface area contributed by atoms with Crippen LogP contribution in [0.15, 0.2) is 18.2 Å². The number of hydrogen-bond donors (Lipinski definition) is 0. The van der Waals surface area contributed by atoms with E-state index in [1.54, 1.807) is 30.1 Å². The molecule has 1 rings (SSSR count). The van der Waals surface area contributed by atoms with Crippen molar-refractivity contribution in [3.8, 4) is 6.07 Å². The highest BCUT2D eigenvalue weighted by Crippen LogP contribution is 2.27. The van der Waals surface area contributed by atoms with Crippen molar-refractivity contribution >= 4 is 34.7 Å². The van der Waals surface area contributed by atoms with Gasteiger partial charge in [-0.05, 0) is 18.2 Å². The van der Waals surface area contributed by atoms with Crippen LogP contribution in [0.4, 0.5) is 5.69 Å². The number of carbonyl (C=O) groups excluding carboxylic acids is 1. The van der Waals surface area contributed by atoms with Gasteiger partial charge in [-0.25, -0.2) is 0 Å². The Morgan fingerprint density at radius 1 is 1.50 bits per heavy atom. The van der Waals surface area contributed by atoms with Gasteiger partial charge in [-0.15, -0.1) is 0 Å². The number of nitriles is 1. The average molecular weight is 257 g/mol. The van der Waals surface area contributed by atoms with Crippen LogP contribution in [-0.4, -0.2) is 19.4 Å². The van der Waals surface area contributed by atoms with Crippen LogP contribution in [0.3, 0.4) is 0 Å². The van der Waals surface area contributed by atoms with Gasteiger partial charge in [-0.3, -0.25) is 4.79 Å². The lowest BCUT2D eigenvalue weighted by atomic mass is 10.2. The molecule has 0 fully saturated rings. The van der Waals surface area contributed by atoms with Crippen LogP contribution in [0.25, 0.3) is 0 Å². The summed E-state index contributed by atoms with van der Waals surface area (Å²) in [5.41, 5.74) is 0.720. The van der Waals surface area contributed by atoms with E-state index in [4.69, 9.17) is 28.5 Å². The van der Waals surface area contributed by atoms with Gasteiger partial charge in [-0.1, -0.05) is 23.2 Å². The van der Waals surface area contributed by atoms with Crippen LogP contribution in [0, 0.1) is 11.3 Å². The second kappa shape index (κ2) is 5.74. The highest BCUT2D eigenvalue weighted by atomic mass is 35.5. The van der Waals surface area contributed by atoms with E-state index in [1.807, 2.05) is 6.07 Å². The van der Waals surface area contributed by atoms with Crippen molar-refractivity contribution in [2.24, 2.45) is 0 Å². The molecule has 0 amide bonds. The zero-order valence-corrected chi connectivity index (χ0v) is 10.2. The Kier molecular flexibility index (Phi) is 4.60. The van der Waals surface area contributed by atoms with Gasteiger partial charge in [0.15, 0.2) is 5.78 Å². The molecule has 0 unspecified atom stereocenters. The number of hydrogen-bond acceptors (Lipinski definition) is 3. The molecule has 0 N–H and O–H groups in total. The number of halogens is 2. The molecular formula is C11H10Cl2N2O. The Morgan fingerprint density at radius 3 is 2.75 bits per heavy atom. The minimum atomic E-state index is -0.143. The zero-order chi connectivity index (χ0) is 12.1. The Hall–Kier alpha value is -1.24. The third-order valence-electron chi connectivity index (χ3n) is 2.01. The van der Waals surface area contributed by atoms with Crippen molar-refractivity contribution in [3.05, 3.63) is 28.2 Å². The van der Waals surface area contributed by atoms with Crippen molar-refractivity contribution < 1.29 is 4.79 Å². The van der Waals surface area contributed by atoms with E-state index in [9.17, 15) is 4.79 Å². The standard InChI is InChI=1S/C11H10Cl2N2O/c1-15(7-9(16)4-5-14)11-3-2-8(12)6-10(11)13/h2-3,6H,4,7H2,1H3. The Bertz CT molecular complexity index is 440. The summed E-state index contributed by atoms with van der Waals surface area (Å²) < 4.78 is 0. The molecule has 0 radical (unpaired) electrons. The minimum absolute atomic E-state index is 0.0877. The molecule has 5 heteroatoms. The van der Waals surface area contributed by atoms with Crippen molar-refractivity contribution in [1.82, 2.24) is 0 Å². The van der Waals surface area contributed by atoms with Crippen LogP contribution in [0.2, 0.25) is 10.0 Å². The lowest BCUT2D eigenvalue weighted by molar-refractivity contribution is -0.116. The summed E-state index contributed by atoms with van der Waals surface area (Å²) in [7, 11) is 1.74. The van der Waals surface area contributed by atoms with E-state index in [1.165, 1.54) is 0 Å². The third-order valence-corrected chi connectivity index (χ3v) is 2.55. The molecule has 0 heterocycles. The Labute approximate surface area is 104 Å². The number of rotatable bonds is 4. The molecule has 84 valence electrons. The maximum absolute atomic E-state index is 11.3. The summed E-state index contributed by atoms with van der Waals surface area (Å²) in [4.78, 5) is 13.0. The first-order valence-electron chi connectivity index (χ1n) is 4.59. The number of nitrogens with zero attached hydrogens (tertiary/aromatic N) is 2. The molecule has 0 aliphatic carbocycles. The first kappa shape index (κ1) is 12.8. The molecule has 3 nitrogen and oxygen atoms in total. The zero-order valence-electron chi connectivity index (χ0n) is 8.70. The summed E-state index contributed by atoms with van der Waals surface area (Å²) in [6.45, 7) is 0.162. The fourth-order valence-electron chi connectivity index (χ4n) is 1.28. The molecule has 0 aliphatic rings. The molecular weight excluding hydrogens is 247 g/mol. The first-order chi connectivity index (χ1) is 7.54. The molecule has 0 spiro atoms. The largest absolute Gasteiger partial charge is 0.366 e. The van der Waals surface area contributed by atoms with E-state index >= 15 is 0 Å². The minimum Gasteiger partial charge on any atom is -0.366 e. The second-order valence-electron chi connectivity index (χ2n) is 3.33. The molecule has 1 aromatic rings. The van der Waals surface area contributed by atoms with E-state index in [-0.39, 0.29) is 18.7 Å². The molecule has 0 saturated carbocycles. The van der Waals surface area contributed by atoms with Gasteiger partial charge in [0.05, 0.1) is 29.7 Å². The summed E-state index contributed by atoms with van der Waals surface area (Å²) >= 11 is 11.7. The van der Waals surface area contributed by atoms with Gasteiger partial charge in [-0.2, -0.15) is 5.26 Å². The van der Waals surface area contributed by atoms with Crippen LogP contribution >= 0.6 is 23.2 Å². The normalized spacial score (nSPS) is 9.62. The molecule has 0 aromatic heterocycles. The fourth-order valence-corrected chi connectivity index (χ4v) is 1.84. The number of likely N-dealkylation sites (N-methyl/N-ethyl adjacent to an activating group) is 1. The van der Waals surface area contributed by atoms with Gasteiger partial charge in [0.2, 0.25) is 0 Å². The summed E-state index contributed by atoms with van der Waals surface area (Å²) in [5, 5.41) is 9.41. The van der Waals surface area contributed by atoms with E-state index < -0.39 is 0 Å². The second-order valence-corrected chi connectivity index (χ2v) is 4.17. The number of ketones is 1. The maximum Gasteiger partial charge on any atom is 0.166 e. The van der Waals surface area contributed by atoms with Crippen LogP contribution in [0.1, 0.15) is 6.42 Å². The maximum atomic E-state index is 11.3. The number of Topliss-reactive ketones (excluding diaryl/α,β-unsaturated/α-hetero) is 1. The highest BCUT2D eigenvalue weighted by Gasteiger charge is 2.10. The predicted octanol–water partition coefficient (Wildman–Crippen LogP) is 2.91. The topological polar surface area (TPSA) is 44.1 Å². The number of benzene rings is 1. The lowest BCUT2D eigenvalue weighted by Gasteiger charge is -2.19. The van der Waals surface area contributed by atoms with Gasteiger partial charge in [0, 0.05) is 12.1 Å². The number of anilines is 1. The van der Waals surface area contributed by atoms with Crippen LogP contribution < -0.4 is 4.90 Å². The molecule has 0 atom stereocenters. The van der Waals surface area contributed by atoms with Crippen molar-refractivity contribution in [1.29, 1.82) is 5.26 Å². The summed E-state index contributed by atoms with van der Waals surface area (Å²) in [6.07, 6.45) is -0.0877. The third kappa shape index (κ3) is 3.41. The van der Waals surface area contributed by atoms with E-state index in [0.29, 0.717) is 10.0 Å².